The summed E-state index contributed by atoms with van der Waals surface area (Å²) in [5.41, 5.74) is 6.51. The zero-order valence-electron chi connectivity index (χ0n) is 15.4. The van der Waals surface area contributed by atoms with Gasteiger partial charge < -0.3 is 20.5 Å². The molecule has 1 aliphatic rings. The van der Waals surface area contributed by atoms with Crippen LogP contribution < -0.4 is 15.8 Å². The Morgan fingerprint density at radius 1 is 1.27 bits per heavy atom. The maximum absolute atomic E-state index is 12.6. The molecule has 1 fully saturated rings. The van der Waals surface area contributed by atoms with Gasteiger partial charge in [0.15, 0.2) is 5.75 Å². The average molecular weight is 405 g/mol. The van der Waals surface area contributed by atoms with E-state index in [0.717, 1.165) is 25.7 Å². The number of para-hydroxylation sites is 1. The molecule has 148 valence electrons. The lowest BCUT2D eigenvalue weighted by molar-refractivity contribution is -0.118. The molecule has 5 nitrogen and oxygen atoms in total. The first-order valence-corrected chi connectivity index (χ1v) is 9.47. The van der Waals surface area contributed by atoms with Crippen LogP contribution in [0.4, 0.5) is 5.69 Å². The summed E-state index contributed by atoms with van der Waals surface area (Å²) in [6.45, 7) is 3.97. The van der Waals surface area contributed by atoms with Gasteiger partial charge in [-0.1, -0.05) is 36.9 Å². The van der Waals surface area contributed by atoms with Gasteiger partial charge in [0.25, 0.3) is 0 Å². The molecule has 0 saturated heterocycles. The van der Waals surface area contributed by atoms with Crippen LogP contribution in [-0.2, 0) is 9.53 Å². The topological polar surface area (TPSA) is 73.6 Å². The van der Waals surface area contributed by atoms with E-state index in [4.69, 9.17) is 26.8 Å². The molecule has 1 aliphatic carbocycles. The number of rotatable bonds is 9. The Kier molecular flexibility index (Phi) is 10.3. The van der Waals surface area contributed by atoms with Gasteiger partial charge in [-0.15, -0.1) is 12.4 Å². The molecule has 3 N–H and O–H groups in total. The number of amides is 1. The van der Waals surface area contributed by atoms with E-state index >= 15 is 0 Å². The predicted molar refractivity (Wildman–Crippen MR) is 109 cm³/mol. The number of carbonyl (C=O) groups excluding carboxylic acids is 1. The number of hydrogen-bond acceptors (Lipinski definition) is 4. The normalized spacial score (nSPS) is 15.8. The van der Waals surface area contributed by atoms with Crippen LogP contribution in [0.1, 0.15) is 45.4 Å². The number of nitrogens with two attached hydrogens (primary N) is 1. The van der Waals surface area contributed by atoms with Crippen LogP contribution in [0.5, 0.6) is 5.75 Å². The molecule has 1 aromatic rings. The summed E-state index contributed by atoms with van der Waals surface area (Å²) in [6, 6.07) is 5.35. The van der Waals surface area contributed by atoms with E-state index in [9.17, 15) is 4.79 Å². The lowest BCUT2D eigenvalue weighted by atomic mass is 9.71. The van der Waals surface area contributed by atoms with Crippen molar-refractivity contribution in [3.05, 3.63) is 23.2 Å². The van der Waals surface area contributed by atoms with Crippen molar-refractivity contribution >= 4 is 35.6 Å². The van der Waals surface area contributed by atoms with Gasteiger partial charge in [-0.05, 0) is 43.9 Å². The molecule has 0 aromatic heterocycles. The van der Waals surface area contributed by atoms with E-state index < -0.39 is 0 Å². The van der Waals surface area contributed by atoms with Crippen LogP contribution in [0.3, 0.4) is 0 Å². The van der Waals surface area contributed by atoms with Crippen LogP contribution in [0.2, 0.25) is 5.02 Å². The molecular weight excluding hydrogens is 375 g/mol. The fraction of sp³-hybridized carbons (Fsp3) is 0.632. The maximum atomic E-state index is 12.6. The Morgan fingerprint density at radius 3 is 2.65 bits per heavy atom. The quantitative estimate of drug-likeness (QED) is 0.597. The molecule has 2 rings (SSSR count). The lowest BCUT2D eigenvalue weighted by Gasteiger charge is -2.35. The van der Waals surface area contributed by atoms with Gasteiger partial charge in [0.1, 0.15) is 6.61 Å². The van der Waals surface area contributed by atoms with E-state index in [-0.39, 0.29) is 23.7 Å². The first kappa shape index (κ1) is 23.0. The Labute approximate surface area is 167 Å². The van der Waals surface area contributed by atoms with Gasteiger partial charge in [0, 0.05) is 13.0 Å². The molecule has 0 heterocycles. The second kappa shape index (κ2) is 11.7. The first-order valence-electron chi connectivity index (χ1n) is 9.09. The van der Waals surface area contributed by atoms with E-state index in [1.54, 1.807) is 18.2 Å². The fourth-order valence-electron chi connectivity index (χ4n) is 3.39. The minimum Gasteiger partial charge on any atom is -0.487 e. The number of benzene rings is 1. The van der Waals surface area contributed by atoms with Crippen molar-refractivity contribution in [3.63, 3.8) is 0 Å². The van der Waals surface area contributed by atoms with E-state index in [1.807, 2.05) is 6.92 Å². The second-order valence-corrected chi connectivity index (χ2v) is 7.06. The van der Waals surface area contributed by atoms with Crippen LogP contribution >= 0.6 is 24.0 Å². The highest BCUT2D eigenvalue weighted by molar-refractivity contribution is 6.32. The Hall–Kier alpha value is -1.01. The molecule has 0 aliphatic heterocycles. The summed E-state index contributed by atoms with van der Waals surface area (Å²) in [5, 5.41) is 3.43. The molecule has 0 radical (unpaired) electrons. The number of carbonyl (C=O) groups is 1. The largest absolute Gasteiger partial charge is 0.487 e. The zero-order valence-corrected chi connectivity index (χ0v) is 17.0. The number of halogens is 2. The maximum Gasteiger partial charge on any atom is 0.225 e. The third-order valence-electron chi connectivity index (χ3n) is 4.80. The van der Waals surface area contributed by atoms with Crippen molar-refractivity contribution in [1.29, 1.82) is 0 Å². The van der Waals surface area contributed by atoms with Gasteiger partial charge in [0.05, 0.1) is 17.3 Å². The molecule has 7 heteroatoms. The minimum absolute atomic E-state index is 0. The highest BCUT2D eigenvalue weighted by atomic mass is 35.5. The van der Waals surface area contributed by atoms with Crippen LogP contribution in [0.15, 0.2) is 18.2 Å². The van der Waals surface area contributed by atoms with E-state index in [0.29, 0.717) is 49.2 Å². The third kappa shape index (κ3) is 6.62. The molecule has 1 aromatic carbocycles. The van der Waals surface area contributed by atoms with Gasteiger partial charge in [-0.25, -0.2) is 0 Å². The van der Waals surface area contributed by atoms with E-state index in [1.165, 1.54) is 6.42 Å². The van der Waals surface area contributed by atoms with Crippen molar-refractivity contribution in [2.75, 3.05) is 31.7 Å². The number of nitrogens with one attached hydrogen (secondary N) is 1. The monoisotopic (exact) mass is 404 g/mol. The molecule has 1 saturated carbocycles. The molecule has 26 heavy (non-hydrogen) atoms. The lowest BCUT2D eigenvalue weighted by Crippen LogP contribution is -2.36. The smallest absolute Gasteiger partial charge is 0.225 e. The molecule has 0 unspecified atom stereocenters. The highest BCUT2D eigenvalue weighted by Crippen LogP contribution is 2.39. The van der Waals surface area contributed by atoms with E-state index in [2.05, 4.69) is 5.32 Å². The summed E-state index contributed by atoms with van der Waals surface area (Å²) in [7, 11) is 0. The van der Waals surface area contributed by atoms with Crippen molar-refractivity contribution < 1.29 is 14.3 Å². The highest BCUT2D eigenvalue weighted by Gasteiger charge is 2.33. The fourth-order valence-corrected chi connectivity index (χ4v) is 3.62. The van der Waals surface area contributed by atoms with Crippen LogP contribution in [0.25, 0.3) is 0 Å². The van der Waals surface area contributed by atoms with Gasteiger partial charge >= 0.3 is 0 Å². The third-order valence-corrected chi connectivity index (χ3v) is 5.10. The second-order valence-electron chi connectivity index (χ2n) is 6.65. The molecular formula is C19H30Cl2N2O3. The molecule has 0 bridgehead atoms. The first-order chi connectivity index (χ1) is 12.1. The van der Waals surface area contributed by atoms with Crippen LogP contribution in [0, 0.1) is 5.41 Å². The number of anilines is 1. The SMILES string of the molecule is CCOCCOc1c(Cl)cccc1NC(=O)CC1(CN)CCCCC1.Cl. The van der Waals surface area contributed by atoms with Gasteiger partial charge in [-0.3, -0.25) is 4.79 Å². The molecule has 0 atom stereocenters. The Morgan fingerprint density at radius 2 is 2.00 bits per heavy atom. The van der Waals surface area contributed by atoms with Gasteiger partial charge in [0.2, 0.25) is 5.91 Å². The van der Waals surface area contributed by atoms with Crippen molar-refractivity contribution in [2.45, 2.75) is 45.4 Å². The summed E-state index contributed by atoms with van der Waals surface area (Å²) in [4.78, 5) is 12.6. The zero-order chi connectivity index (χ0) is 18.1. The Bertz CT molecular complexity index is 564. The van der Waals surface area contributed by atoms with Crippen molar-refractivity contribution in [1.82, 2.24) is 0 Å². The number of ether oxygens (including phenoxy) is 2. The molecule has 1 amide bonds. The summed E-state index contributed by atoms with van der Waals surface area (Å²) >= 11 is 6.24. The van der Waals surface area contributed by atoms with Crippen molar-refractivity contribution in [3.8, 4) is 5.75 Å². The Balaban J connectivity index is 0.00000338. The predicted octanol–water partition coefficient (Wildman–Crippen LogP) is 4.41. The number of hydrogen-bond donors (Lipinski definition) is 2. The summed E-state index contributed by atoms with van der Waals surface area (Å²) in [6.07, 6.45) is 6.00. The minimum atomic E-state index is -0.0725. The van der Waals surface area contributed by atoms with Crippen molar-refractivity contribution in [2.24, 2.45) is 11.1 Å². The standard InChI is InChI=1S/C19H29ClN2O3.ClH/c1-2-24-11-12-25-18-15(20)7-6-8-16(18)22-17(23)13-19(14-21)9-4-3-5-10-19;/h6-8H,2-5,9-14,21H2,1H3,(H,22,23);1H. The molecule has 0 spiro atoms. The van der Waals surface area contributed by atoms with Gasteiger partial charge in [-0.2, -0.15) is 0 Å². The van der Waals surface area contributed by atoms with Crippen LogP contribution in [-0.4, -0.2) is 32.3 Å². The summed E-state index contributed by atoms with van der Waals surface area (Å²) < 4.78 is 11.0. The summed E-state index contributed by atoms with van der Waals surface area (Å²) in [5.74, 6) is 0.451. The average Bonchev–Trinajstić information content (AvgIpc) is 2.61.